The van der Waals surface area contributed by atoms with Gasteiger partial charge in [0.1, 0.15) is 11.4 Å². The lowest BCUT2D eigenvalue weighted by Crippen LogP contribution is -2.36. The first kappa shape index (κ1) is 17.1. The van der Waals surface area contributed by atoms with Gasteiger partial charge in [-0.2, -0.15) is 0 Å². The molecule has 1 heteroatoms. The van der Waals surface area contributed by atoms with Gasteiger partial charge < -0.3 is 4.74 Å². The van der Waals surface area contributed by atoms with Crippen molar-refractivity contribution in [1.29, 1.82) is 0 Å². The van der Waals surface area contributed by atoms with E-state index in [1.165, 1.54) is 38.9 Å². The van der Waals surface area contributed by atoms with Gasteiger partial charge in [-0.05, 0) is 68.4 Å². The molecule has 0 saturated heterocycles. The molecule has 0 aromatic heterocycles. The van der Waals surface area contributed by atoms with Gasteiger partial charge in [0, 0.05) is 12.0 Å². The third kappa shape index (κ3) is 2.85. The molecule has 0 unspecified atom stereocenters. The zero-order chi connectivity index (χ0) is 17.9. The summed E-state index contributed by atoms with van der Waals surface area (Å²) in [5, 5.41) is 0. The van der Waals surface area contributed by atoms with E-state index in [2.05, 4.69) is 79.7 Å². The molecule has 1 aliphatic rings. The van der Waals surface area contributed by atoms with Crippen molar-refractivity contribution < 1.29 is 4.74 Å². The van der Waals surface area contributed by atoms with E-state index in [9.17, 15) is 0 Å². The number of hydrogen-bond acceptors (Lipinski definition) is 1. The Kier molecular flexibility index (Phi) is 3.82. The van der Waals surface area contributed by atoms with Crippen molar-refractivity contribution in [2.75, 3.05) is 0 Å². The maximum absolute atomic E-state index is 6.10. The molecule has 0 atom stereocenters. The van der Waals surface area contributed by atoms with Crippen LogP contribution < -0.4 is 4.74 Å². The van der Waals surface area contributed by atoms with Crippen molar-refractivity contribution in [2.24, 2.45) is 0 Å². The van der Waals surface area contributed by atoms with Crippen molar-refractivity contribution >= 4 is 0 Å². The Morgan fingerprint density at radius 3 is 2.04 bits per heavy atom. The molecule has 1 nitrogen and oxygen atoms in total. The molecule has 0 aliphatic carbocycles. The number of rotatable bonds is 2. The molecule has 1 aliphatic heterocycles. The Morgan fingerprint density at radius 2 is 1.46 bits per heavy atom. The highest BCUT2D eigenvalue weighted by Crippen LogP contribution is 2.47. The Balaban J connectivity index is 2.07. The average molecular weight is 322 g/mol. The standard InChI is InChI=1S/C23H30O/c1-14-9-17(16(3)19(11-14)22(4,5)6)13-18-10-15(2)12-20-21(18)24-23(20,7)8/h9-12H,13H2,1-8H3. The third-order valence-corrected chi connectivity index (χ3v) is 5.16. The highest BCUT2D eigenvalue weighted by Gasteiger charge is 2.38. The van der Waals surface area contributed by atoms with Gasteiger partial charge in [-0.15, -0.1) is 0 Å². The summed E-state index contributed by atoms with van der Waals surface area (Å²) in [5.41, 5.74) is 9.63. The van der Waals surface area contributed by atoms with E-state index in [1.54, 1.807) is 0 Å². The fraction of sp³-hybridized carbons (Fsp3) is 0.478. The molecule has 1 heterocycles. The highest BCUT2D eigenvalue weighted by molar-refractivity contribution is 5.55. The lowest BCUT2D eigenvalue weighted by Gasteiger charge is -2.40. The van der Waals surface area contributed by atoms with Crippen LogP contribution in [0.15, 0.2) is 24.3 Å². The second kappa shape index (κ2) is 5.37. The van der Waals surface area contributed by atoms with Crippen LogP contribution in [0.25, 0.3) is 0 Å². The average Bonchev–Trinajstić information content (AvgIpc) is 2.43. The van der Waals surface area contributed by atoms with E-state index in [1.807, 2.05) is 0 Å². The predicted molar refractivity (Wildman–Crippen MR) is 102 cm³/mol. The Bertz CT molecular complexity index is 804. The fourth-order valence-electron chi connectivity index (χ4n) is 3.91. The summed E-state index contributed by atoms with van der Waals surface area (Å²) < 4.78 is 6.10. The zero-order valence-electron chi connectivity index (χ0n) is 16.4. The number of ether oxygens (including phenoxy) is 1. The molecule has 128 valence electrons. The third-order valence-electron chi connectivity index (χ3n) is 5.16. The van der Waals surface area contributed by atoms with Gasteiger partial charge in [0.15, 0.2) is 0 Å². The monoisotopic (exact) mass is 322 g/mol. The van der Waals surface area contributed by atoms with Crippen LogP contribution in [0.4, 0.5) is 0 Å². The van der Waals surface area contributed by atoms with E-state index in [0.29, 0.717) is 0 Å². The van der Waals surface area contributed by atoms with E-state index in [0.717, 1.165) is 12.2 Å². The van der Waals surface area contributed by atoms with E-state index in [4.69, 9.17) is 4.74 Å². The molecular formula is C23H30O. The van der Waals surface area contributed by atoms with Crippen molar-refractivity contribution in [2.45, 2.75) is 72.8 Å². The van der Waals surface area contributed by atoms with Gasteiger partial charge in [0.05, 0.1) is 0 Å². The normalized spacial score (nSPS) is 15.5. The maximum atomic E-state index is 6.10. The minimum Gasteiger partial charge on any atom is -0.482 e. The van der Waals surface area contributed by atoms with Crippen LogP contribution in [0.1, 0.15) is 73.6 Å². The van der Waals surface area contributed by atoms with Gasteiger partial charge in [-0.1, -0.05) is 50.1 Å². The largest absolute Gasteiger partial charge is 0.482 e. The molecule has 0 radical (unpaired) electrons. The quantitative estimate of drug-likeness (QED) is 0.646. The van der Waals surface area contributed by atoms with Crippen LogP contribution >= 0.6 is 0 Å². The summed E-state index contributed by atoms with van der Waals surface area (Å²) >= 11 is 0. The molecule has 0 spiro atoms. The molecule has 3 rings (SSSR count). The molecule has 2 aromatic carbocycles. The summed E-state index contributed by atoms with van der Waals surface area (Å²) in [7, 11) is 0. The molecule has 0 N–H and O–H groups in total. The SMILES string of the molecule is Cc1cc(Cc2cc(C)cc3c2OC3(C)C)c(C)c(C(C)(C)C)c1. The predicted octanol–water partition coefficient (Wildman–Crippen LogP) is 6.13. The van der Waals surface area contributed by atoms with Gasteiger partial charge in [-0.3, -0.25) is 0 Å². The molecule has 0 saturated carbocycles. The molecule has 2 aromatic rings. The van der Waals surface area contributed by atoms with Crippen LogP contribution in [0.5, 0.6) is 5.75 Å². The first-order valence-electron chi connectivity index (χ1n) is 8.92. The Morgan fingerprint density at radius 1 is 0.875 bits per heavy atom. The number of benzene rings is 2. The maximum Gasteiger partial charge on any atom is 0.132 e. The van der Waals surface area contributed by atoms with Crippen molar-refractivity contribution in [3.8, 4) is 5.75 Å². The molecule has 0 bridgehead atoms. The Hall–Kier alpha value is -1.76. The highest BCUT2D eigenvalue weighted by atomic mass is 16.5. The zero-order valence-corrected chi connectivity index (χ0v) is 16.4. The molecular weight excluding hydrogens is 292 g/mol. The number of aryl methyl sites for hydroxylation is 2. The number of fused-ring (bicyclic) bond motifs is 1. The van der Waals surface area contributed by atoms with E-state index in [-0.39, 0.29) is 11.0 Å². The first-order chi connectivity index (χ1) is 11.0. The summed E-state index contributed by atoms with van der Waals surface area (Å²) in [6, 6.07) is 9.23. The molecule has 0 fully saturated rings. The van der Waals surface area contributed by atoms with Crippen LogP contribution in [0.2, 0.25) is 0 Å². The smallest absolute Gasteiger partial charge is 0.132 e. The Labute approximate surface area is 147 Å². The number of hydrogen-bond donors (Lipinski definition) is 0. The summed E-state index contributed by atoms with van der Waals surface area (Å²) in [6.07, 6.45) is 0.941. The summed E-state index contributed by atoms with van der Waals surface area (Å²) in [5.74, 6) is 1.10. The van der Waals surface area contributed by atoms with Crippen molar-refractivity contribution in [1.82, 2.24) is 0 Å². The van der Waals surface area contributed by atoms with E-state index >= 15 is 0 Å². The fourth-order valence-corrected chi connectivity index (χ4v) is 3.91. The lowest BCUT2D eigenvalue weighted by atomic mass is 9.80. The van der Waals surface area contributed by atoms with Crippen LogP contribution in [0, 0.1) is 20.8 Å². The van der Waals surface area contributed by atoms with Crippen molar-refractivity contribution in [3.63, 3.8) is 0 Å². The van der Waals surface area contributed by atoms with Crippen molar-refractivity contribution in [3.05, 3.63) is 63.2 Å². The minimum absolute atomic E-state index is 0.145. The van der Waals surface area contributed by atoms with Crippen LogP contribution in [-0.4, -0.2) is 0 Å². The van der Waals surface area contributed by atoms with Gasteiger partial charge >= 0.3 is 0 Å². The van der Waals surface area contributed by atoms with Gasteiger partial charge in [0.2, 0.25) is 0 Å². The molecule has 24 heavy (non-hydrogen) atoms. The second-order valence-corrected chi connectivity index (χ2v) is 8.94. The van der Waals surface area contributed by atoms with Crippen LogP contribution in [0.3, 0.4) is 0 Å². The second-order valence-electron chi connectivity index (χ2n) is 8.94. The molecule has 0 amide bonds. The topological polar surface area (TPSA) is 9.23 Å². The lowest BCUT2D eigenvalue weighted by molar-refractivity contribution is 0.0501. The first-order valence-corrected chi connectivity index (χ1v) is 8.92. The summed E-state index contributed by atoms with van der Waals surface area (Å²) in [4.78, 5) is 0. The van der Waals surface area contributed by atoms with E-state index < -0.39 is 0 Å². The van der Waals surface area contributed by atoms with Gasteiger partial charge in [0.25, 0.3) is 0 Å². The van der Waals surface area contributed by atoms with Crippen LogP contribution in [-0.2, 0) is 17.4 Å². The van der Waals surface area contributed by atoms with Gasteiger partial charge in [-0.25, -0.2) is 0 Å². The minimum atomic E-state index is -0.145. The summed E-state index contributed by atoms with van der Waals surface area (Å²) in [6.45, 7) is 17.8.